The summed E-state index contributed by atoms with van der Waals surface area (Å²) in [4.78, 5) is 10.8. The zero-order chi connectivity index (χ0) is 14.0. The Balaban J connectivity index is 2.31. The van der Waals surface area contributed by atoms with E-state index in [0.29, 0.717) is 0 Å². The molecule has 2 rings (SSSR count). The molecule has 0 amide bonds. The van der Waals surface area contributed by atoms with E-state index in [1.165, 1.54) is 30.3 Å². The van der Waals surface area contributed by atoms with Crippen molar-refractivity contribution < 1.29 is 19.0 Å². The molecule has 0 unspecified atom stereocenters. The predicted octanol–water partition coefficient (Wildman–Crippen LogP) is 4.62. The molecule has 98 valence electrons. The van der Waals surface area contributed by atoms with Crippen molar-refractivity contribution in [1.29, 1.82) is 0 Å². The second-order valence-corrected chi connectivity index (χ2v) is 4.44. The molecule has 0 saturated heterocycles. The molecule has 0 fully saturated rings. The van der Waals surface area contributed by atoms with E-state index in [-0.39, 0.29) is 27.1 Å². The van der Waals surface area contributed by atoms with Gasteiger partial charge in [0.15, 0.2) is 0 Å². The van der Waals surface area contributed by atoms with Crippen LogP contribution in [0.15, 0.2) is 36.4 Å². The Morgan fingerprint density at radius 3 is 2.16 bits per heavy atom. The predicted molar refractivity (Wildman–Crippen MR) is 69.9 cm³/mol. The van der Waals surface area contributed by atoms with Gasteiger partial charge in [0.1, 0.15) is 17.3 Å². The van der Waals surface area contributed by atoms with Gasteiger partial charge in [0, 0.05) is 0 Å². The van der Waals surface area contributed by atoms with Crippen LogP contribution in [0.5, 0.6) is 11.5 Å². The minimum atomic E-state index is -1.09. The Kier molecular flexibility index (Phi) is 3.93. The maximum absolute atomic E-state index is 12.9. The third kappa shape index (κ3) is 3.16. The van der Waals surface area contributed by atoms with Gasteiger partial charge in [-0.25, -0.2) is 9.18 Å². The van der Waals surface area contributed by atoms with Crippen LogP contribution in [-0.2, 0) is 0 Å². The molecule has 0 radical (unpaired) electrons. The van der Waals surface area contributed by atoms with Gasteiger partial charge in [0.25, 0.3) is 0 Å². The highest BCUT2D eigenvalue weighted by Crippen LogP contribution is 2.34. The van der Waals surface area contributed by atoms with Crippen molar-refractivity contribution in [3.05, 3.63) is 57.8 Å². The molecule has 1 N–H and O–H groups in total. The molecule has 0 aromatic heterocycles. The summed E-state index contributed by atoms with van der Waals surface area (Å²) in [6.45, 7) is 0. The van der Waals surface area contributed by atoms with Crippen LogP contribution >= 0.6 is 23.2 Å². The standard InChI is InChI=1S/C13H7Cl2FO3/c14-9-5-7(13(17)18)1-3-11(9)19-12-4-2-8(16)6-10(12)15/h1-6H,(H,17,18). The van der Waals surface area contributed by atoms with Gasteiger partial charge in [0.2, 0.25) is 0 Å². The maximum atomic E-state index is 12.9. The van der Waals surface area contributed by atoms with Crippen molar-refractivity contribution >= 4 is 29.2 Å². The van der Waals surface area contributed by atoms with Gasteiger partial charge in [-0.05, 0) is 36.4 Å². The summed E-state index contributed by atoms with van der Waals surface area (Å²) in [6.07, 6.45) is 0. The fourth-order valence-corrected chi connectivity index (χ4v) is 1.82. The van der Waals surface area contributed by atoms with Gasteiger partial charge in [-0.2, -0.15) is 0 Å². The highest BCUT2D eigenvalue weighted by Gasteiger charge is 2.10. The molecule has 2 aromatic carbocycles. The van der Waals surface area contributed by atoms with Crippen molar-refractivity contribution in [2.45, 2.75) is 0 Å². The Hall–Kier alpha value is -1.78. The van der Waals surface area contributed by atoms with Crippen LogP contribution in [0, 0.1) is 5.82 Å². The molecule has 19 heavy (non-hydrogen) atoms. The molecule has 0 aliphatic heterocycles. The summed E-state index contributed by atoms with van der Waals surface area (Å²) in [6, 6.07) is 7.68. The summed E-state index contributed by atoms with van der Waals surface area (Å²) in [7, 11) is 0. The van der Waals surface area contributed by atoms with E-state index < -0.39 is 11.8 Å². The number of hydrogen-bond donors (Lipinski definition) is 1. The number of carboxylic acids is 1. The van der Waals surface area contributed by atoms with Crippen molar-refractivity contribution in [2.24, 2.45) is 0 Å². The number of rotatable bonds is 3. The van der Waals surface area contributed by atoms with E-state index in [0.717, 1.165) is 6.07 Å². The second-order valence-electron chi connectivity index (χ2n) is 3.63. The molecule has 6 heteroatoms. The average molecular weight is 301 g/mol. The van der Waals surface area contributed by atoms with Crippen LogP contribution in [0.25, 0.3) is 0 Å². The number of hydrogen-bond acceptors (Lipinski definition) is 2. The fourth-order valence-electron chi connectivity index (χ4n) is 1.39. The lowest BCUT2D eigenvalue weighted by Gasteiger charge is -2.09. The Morgan fingerprint density at radius 1 is 1.05 bits per heavy atom. The van der Waals surface area contributed by atoms with Crippen molar-refractivity contribution in [3.63, 3.8) is 0 Å². The molecule has 0 spiro atoms. The van der Waals surface area contributed by atoms with Crippen molar-refractivity contribution in [2.75, 3.05) is 0 Å². The number of halogens is 3. The number of ether oxygens (including phenoxy) is 1. The van der Waals surface area contributed by atoms with Crippen LogP contribution in [0.3, 0.4) is 0 Å². The van der Waals surface area contributed by atoms with Crippen LogP contribution in [0.2, 0.25) is 10.0 Å². The van der Waals surface area contributed by atoms with Crippen molar-refractivity contribution in [3.8, 4) is 11.5 Å². The lowest BCUT2D eigenvalue weighted by molar-refractivity contribution is 0.0697. The summed E-state index contributed by atoms with van der Waals surface area (Å²) >= 11 is 11.7. The number of carbonyl (C=O) groups is 1. The first kappa shape index (κ1) is 13.6. The highest BCUT2D eigenvalue weighted by molar-refractivity contribution is 6.33. The van der Waals surface area contributed by atoms with E-state index in [2.05, 4.69) is 0 Å². The van der Waals surface area contributed by atoms with E-state index in [4.69, 9.17) is 33.0 Å². The molecule has 2 aromatic rings. The van der Waals surface area contributed by atoms with Gasteiger partial charge in [-0.1, -0.05) is 23.2 Å². The van der Waals surface area contributed by atoms with E-state index in [9.17, 15) is 9.18 Å². The SMILES string of the molecule is O=C(O)c1ccc(Oc2ccc(F)cc2Cl)c(Cl)c1. The van der Waals surface area contributed by atoms with Gasteiger partial charge >= 0.3 is 5.97 Å². The summed E-state index contributed by atoms with van der Waals surface area (Å²) in [5, 5.41) is 9.02. The summed E-state index contributed by atoms with van der Waals surface area (Å²) in [5.41, 5.74) is 0.0440. The van der Waals surface area contributed by atoms with Gasteiger partial charge in [0.05, 0.1) is 15.6 Å². The smallest absolute Gasteiger partial charge is 0.335 e. The maximum Gasteiger partial charge on any atom is 0.335 e. The monoisotopic (exact) mass is 300 g/mol. The molecule has 0 bridgehead atoms. The molecule has 0 saturated carbocycles. The van der Waals surface area contributed by atoms with Gasteiger partial charge < -0.3 is 9.84 Å². The zero-order valence-corrected chi connectivity index (χ0v) is 10.9. The van der Waals surface area contributed by atoms with E-state index >= 15 is 0 Å². The molecule has 0 aliphatic carbocycles. The Morgan fingerprint density at radius 2 is 1.63 bits per heavy atom. The van der Waals surface area contributed by atoms with E-state index in [1.807, 2.05) is 0 Å². The third-order valence-electron chi connectivity index (χ3n) is 2.29. The number of aromatic carboxylic acids is 1. The average Bonchev–Trinajstić information content (AvgIpc) is 2.34. The molecule has 0 heterocycles. The molecule has 3 nitrogen and oxygen atoms in total. The van der Waals surface area contributed by atoms with Crippen LogP contribution in [0.1, 0.15) is 10.4 Å². The highest BCUT2D eigenvalue weighted by atomic mass is 35.5. The number of benzene rings is 2. The van der Waals surface area contributed by atoms with Gasteiger partial charge in [-0.3, -0.25) is 0 Å². The first-order chi connectivity index (χ1) is 8.97. The molecular formula is C13H7Cl2FO3. The molecular weight excluding hydrogens is 294 g/mol. The van der Waals surface area contributed by atoms with Crippen LogP contribution in [-0.4, -0.2) is 11.1 Å². The minimum Gasteiger partial charge on any atom is -0.478 e. The van der Waals surface area contributed by atoms with Crippen LogP contribution < -0.4 is 4.74 Å². The zero-order valence-electron chi connectivity index (χ0n) is 9.36. The summed E-state index contributed by atoms with van der Waals surface area (Å²) < 4.78 is 18.3. The van der Waals surface area contributed by atoms with E-state index in [1.54, 1.807) is 0 Å². The lowest BCUT2D eigenvalue weighted by Crippen LogP contribution is -1.96. The topological polar surface area (TPSA) is 46.5 Å². The van der Waals surface area contributed by atoms with Crippen molar-refractivity contribution in [1.82, 2.24) is 0 Å². The molecule has 0 atom stereocenters. The normalized spacial score (nSPS) is 10.3. The third-order valence-corrected chi connectivity index (χ3v) is 2.88. The first-order valence-electron chi connectivity index (χ1n) is 5.13. The van der Waals surface area contributed by atoms with Crippen LogP contribution in [0.4, 0.5) is 4.39 Å². The first-order valence-corrected chi connectivity index (χ1v) is 5.88. The summed E-state index contributed by atoms with van der Waals surface area (Å²) in [5.74, 6) is -1.11. The Labute approximate surface area is 118 Å². The lowest BCUT2D eigenvalue weighted by atomic mass is 10.2. The second kappa shape index (κ2) is 5.47. The quantitative estimate of drug-likeness (QED) is 0.899. The minimum absolute atomic E-state index is 0.0440. The largest absolute Gasteiger partial charge is 0.478 e. The molecule has 0 aliphatic rings. The fraction of sp³-hybridized carbons (Fsp3) is 0. The van der Waals surface area contributed by atoms with Gasteiger partial charge in [-0.15, -0.1) is 0 Å². The Bertz CT molecular complexity index is 644. The number of carboxylic acid groups (broad SMARTS) is 1.